The van der Waals surface area contributed by atoms with Crippen LogP contribution in [-0.4, -0.2) is 34.6 Å². The molecule has 0 atom stereocenters. The summed E-state index contributed by atoms with van der Waals surface area (Å²) in [5.74, 6) is 0.896. The smallest absolute Gasteiger partial charge is 0.176 e. The van der Waals surface area contributed by atoms with Gasteiger partial charge in [0.05, 0.1) is 6.61 Å². The maximum absolute atomic E-state index is 5.02. The molecule has 20 heavy (non-hydrogen) atoms. The minimum Gasteiger partial charge on any atom is -0.383 e. The number of aryl methyl sites for hydroxylation is 1. The van der Waals surface area contributed by atoms with Gasteiger partial charge in [-0.05, 0) is 34.9 Å². The fraction of sp³-hybridized carbons (Fsp3) is 0.462. The van der Waals surface area contributed by atoms with Crippen LogP contribution >= 0.6 is 23.3 Å². The zero-order chi connectivity index (χ0) is 14.2. The maximum Gasteiger partial charge on any atom is 0.176 e. The molecule has 0 spiro atoms. The average Bonchev–Trinajstić information content (AvgIpc) is 2.93. The zero-order valence-electron chi connectivity index (χ0n) is 11.6. The molecule has 1 N–H and O–H groups in total. The summed E-state index contributed by atoms with van der Waals surface area (Å²) >= 11 is 3.01. The summed E-state index contributed by atoms with van der Waals surface area (Å²) in [4.78, 5) is 8.90. The molecule has 2 rings (SSSR count). The fourth-order valence-electron chi connectivity index (χ4n) is 1.55. The molecule has 5 nitrogen and oxygen atoms in total. The number of nitrogens with one attached hydrogen (secondary N) is 1. The second-order valence-corrected chi connectivity index (χ2v) is 6.06. The summed E-state index contributed by atoms with van der Waals surface area (Å²) < 4.78 is 10.3. The molecule has 0 aromatic carbocycles. The lowest BCUT2D eigenvalue weighted by molar-refractivity contribution is 0.199. The Labute approximate surface area is 127 Å². The molecule has 0 saturated heterocycles. The molecular weight excluding hydrogens is 292 g/mol. The average molecular weight is 310 g/mol. The van der Waals surface area contributed by atoms with Gasteiger partial charge in [-0.15, -0.1) is 0 Å². The van der Waals surface area contributed by atoms with E-state index in [-0.39, 0.29) is 0 Å². The van der Waals surface area contributed by atoms with E-state index < -0.39 is 0 Å². The van der Waals surface area contributed by atoms with Crippen molar-refractivity contribution in [1.29, 1.82) is 0 Å². The van der Waals surface area contributed by atoms with Gasteiger partial charge in [0.25, 0.3) is 0 Å². The van der Waals surface area contributed by atoms with Gasteiger partial charge in [0, 0.05) is 32.8 Å². The van der Waals surface area contributed by atoms with Crippen LogP contribution in [-0.2, 0) is 17.7 Å². The zero-order valence-corrected chi connectivity index (χ0v) is 13.3. The first kappa shape index (κ1) is 15.4. The van der Waals surface area contributed by atoms with Crippen molar-refractivity contribution in [3.05, 3.63) is 29.7 Å². The van der Waals surface area contributed by atoms with Crippen LogP contribution in [0.4, 0.5) is 0 Å². The Morgan fingerprint density at radius 1 is 1.45 bits per heavy atom. The molecule has 7 heteroatoms. The lowest BCUT2D eigenvalue weighted by Crippen LogP contribution is -2.19. The van der Waals surface area contributed by atoms with Crippen molar-refractivity contribution in [2.24, 2.45) is 0 Å². The first-order valence-electron chi connectivity index (χ1n) is 6.47. The van der Waals surface area contributed by atoms with Crippen LogP contribution in [0.5, 0.6) is 0 Å². The molecule has 0 saturated carbocycles. The molecule has 0 bridgehead atoms. The Kier molecular flexibility index (Phi) is 6.38. The van der Waals surface area contributed by atoms with Crippen LogP contribution < -0.4 is 5.32 Å². The molecule has 0 amide bonds. The van der Waals surface area contributed by atoms with Crippen molar-refractivity contribution in [3.63, 3.8) is 0 Å². The van der Waals surface area contributed by atoms with Crippen molar-refractivity contribution in [2.45, 2.75) is 29.3 Å². The van der Waals surface area contributed by atoms with E-state index in [1.807, 2.05) is 12.3 Å². The van der Waals surface area contributed by atoms with Crippen LogP contribution in [0.15, 0.2) is 27.7 Å². The standard InChI is InChI=1S/C13H18N4OS2/c1-3-11-16-13(20-17-11)19-12-10(5-4-6-15-12)9-14-7-8-18-2/h4-6,14H,3,7-9H2,1-2H3. The van der Waals surface area contributed by atoms with Crippen LogP contribution in [0.3, 0.4) is 0 Å². The SMILES string of the molecule is CCc1nsc(Sc2ncccc2CNCCOC)n1. The Morgan fingerprint density at radius 3 is 3.10 bits per heavy atom. The van der Waals surface area contributed by atoms with Gasteiger partial charge in [-0.25, -0.2) is 9.97 Å². The summed E-state index contributed by atoms with van der Waals surface area (Å²) in [5, 5.41) is 4.32. The van der Waals surface area contributed by atoms with Crippen LogP contribution in [0, 0.1) is 0 Å². The van der Waals surface area contributed by atoms with Gasteiger partial charge in [0.1, 0.15) is 10.9 Å². The Bertz CT molecular complexity index is 533. The molecule has 2 aromatic rings. The summed E-state index contributed by atoms with van der Waals surface area (Å²) in [6.45, 7) is 4.37. The highest BCUT2D eigenvalue weighted by Crippen LogP contribution is 2.29. The van der Waals surface area contributed by atoms with Gasteiger partial charge in [0.2, 0.25) is 0 Å². The number of rotatable bonds is 8. The van der Waals surface area contributed by atoms with Crippen LogP contribution in [0.2, 0.25) is 0 Å². The van der Waals surface area contributed by atoms with E-state index in [0.717, 1.165) is 34.7 Å². The highest BCUT2D eigenvalue weighted by Gasteiger charge is 2.09. The highest BCUT2D eigenvalue weighted by molar-refractivity contribution is 8.00. The molecule has 0 radical (unpaired) electrons. The van der Waals surface area contributed by atoms with E-state index in [1.165, 1.54) is 17.1 Å². The number of nitrogens with zero attached hydrogens (tertiary/aromatic N) is 3. The Hall–Kier alpha value is -1.02. The van der Waals surface area contributed by atoms with E-state index in [2.05, 4.69) is 32.6 Å². The lowest BCUT2D eigenvalue weighted by Gasteiger charge is -2.07. The number of methoxy groups -OCH3 is 1. The van der Waals surface area contributed by atoms with Gasteiger partial charge in [0.15, 0.2) is 4.34 Å². The summed E-state index contributed by atoms with van der Waals surface area (Å²) in [6.07, 6.45) is 2.67. The van der Waals surface area contributed by atoms with Gasteiger partial charge in [-0.3, -0.25) is 0 Å². The monoisotopic (exact) mass is 310 g/mol. The Morgan fingerprint density at radius 2 is 2.35 bits per heavy atom. The van der Waals surface area contributed by atoms with E-state index >= 15 is 0 Å². The minimum absolute atomic E-state index is 0.707. The summed E-state index contributed by atoms with van der Waals surface area (Å²) in [7, 11) is 1.70. The summed E-state index contributed by atoms with van der Waals surface area (Å²) in [5.41, 5.74) is 1.17. The first-order valence-corrected chi connectivity index (χ1v) is 8.06. The number of pyridine rings is 1. The van der Waals surface area contributed by atoms with E-state index in [4.69, 9.17) is 4.74 Å². The topological polar surface area (TPSA) is 59.9 Å². The number of hydrogen-bond donors (Lipinski definition) is 1. The minimum atomic E-state index is 0.707. The first-order chi connectivity index (χ1) is 9.83. The van der Waals surface area contributed by atoms with Crippen LogP contribution in [0.1, 0.15) is 18.3 Å². The van der Waals surface area contributed by atoms with Crippen molar-refractivity contribution in [3.8, 4) is 0 Å². The predicted octanol–water partition coefficient (Wildman–Crippen LogP) is 2.38. The van der Waals surface area contributed by atoms with Crippen molar-refractivity contribution >= 4 is 23.3 Å². The van der Waals surface area contributed by atoms with E-state index in [0.29, 0.717) is 6.61 Å². The second kappa shape index (κ2) is 8.31. The van der Waals surface area contributed by atoms with Gasteiger partial charge in [-0.1, -0.05) is 13.0 Å². The molecule has 0 aliphatic heterocycles. The van der Waals surface area contributed by atoms with Gasteiger partial charge < -0.3 is 10.1 Å². The third-order valence-electron chi connectivity index (χ3n) is 2.60. The largest absolute Gasteiger partial charge is 0.383 e. The van der Waals surface area contributed by atoms with Crippen molar-refractivity contribution in [1.82, 2.24) is 19.7 Å². The van der Waals surface area contributed by atoms with E-state index in [1.54, 1.807) is 18.9 Å². The molecular formula is C13H18N4OS2. The lowest BCUT2D eigenvalue weighted by atomic mass is 10.3. The number of ether oxygens (including phenoxy) is 1. The maximum atomic E-state index is 5.02. The molecule has 0 aliphatic rings. The van der Waals surface area contributed by atoms with Crippen molar-refractivity contribution in [2.75, 3.05) is 20.3 Å². The number of hydrogen-bond acceptors (Lipinski definition) is 7. The molecule has 2 aromatic heterocycles. The molecule has 0 aliphatic carbocycles. The second-order valence-electron chi connectivity index (χ2n) is 4.07. The predicted molar refractivity (Wildman–Crippen MR) is 81.2 cm³/mol. The molecule has 0 fully saturated rings. The third kappa shape index (κ3) is 4.52. The van der Waals surface area contributed by atoms with Crippen molar-refractivity contribution < 1.29 is 4.74 Å². The Balaban J connectivity index is 1.99. The fourth-order valence-corrected chi connectivity index (χ4v) is 3.25. The molecule has 2 heterocycles. The molecule has 0 unspecified atom stereocenters. The van der Waals surface area contributed by atoms with Crippen LogP contribution in [0.25, 0.3) is 0 Å². The molecule has 108 valence electrons. The summed E-state index contributed by atoms with van der Waals surface area (Å²) in [6, 6.07) is 4.03. The highest BCUT2D eigenvalue weighted by atomic mass is 32.2. The van der Waals surface area contributed by atoms with Gasteiger partial charge >= 0.3 is 0 Å². The van der Waals surface area contributed by atoms with Gasteiger partial charge in [-0.2, -0.15) is 4.37 Å². The quantitative estimate of drug-likeness (QED) is 0.756. The number of aromatic nitrogens is 3. The van der Waals surface area contributed by atoms with E-state index in [9.17, 15) is 0 Å². The third-order valence-corrected chi connectivity index (χ3v) is 4.45. The normalized spacial score (nSPS) is 10.9.